The number of morpholine rings is 1. The molecule has 1 saturated heterocycles. The number of nitrogens with zero attached hydrogens (tertiary/aromatic N) is 3. The Bertz CT molecular complexity index is 1300. The van der Waals surface area contributed by atoms with E-state index in [0.717, 1.165) is 71.0 Å². The second-order valence-electron chi connectivity index (χ2n) is 8.36. The number of anilines is 1. The summed E-state index contributed by atoms with van der Waals surface area (Å²) in [5.41, 5.74) is 2.63. The van der Waals surface area contributed by atoms with Crippen molar-refractivity contribution in [2.45, 2.75) is 13.3 Å². The van der Waals surface area contributed by atoms with Crippen LogP contribution in [-0.4, -0.2) is 55.2 Å². The van der Waals surface area contributed by atoms with Gasteiger partial charge in [0, 0.05) is 36.8 Å². The zero-order valence-corrected chi connectivity index (χ0v) is 21.4. The molecule has 0 atom stereocenters. The Morgan fingerprint density at radius 3 is 2.74 bits per heavy atom. The number of hydrogen-bond acceptors (Lipinski definition) is 5. The number of halogens is 2. The maximum absolute atomic E-state index is 13.9. The number of aromatic nitrogens is 1. The van der Waals surface area contributed by atoms with Crippen molar-refractivity contribution in [3.8, 4) is 0 Å². The van der Waals surface area contributed by atoms with Crippen LogP contribution in [0.15, 0.2) is 54.6 Å². The maximum Gasteiger partial charge on any atom is 0.260 e. The molecule has 2 heterocycles. The molecule has 0 spiro atoms. The molecule has 4 aromatic rings. The lowest BCUT2D eigenvalue weighted by Gasteiger charge is -2.28. The summed E-state index contributed by atoms with van der Waals surface area (Å²) in [6.45, 7) is 6.97. The smallest absolute Gasteiger partial charge is 0.260 e. The fourth-order valence-corrected chi connectivity index (χ4v) is 5.82. The minimum absolute atomic E-state index is 0. The number of amides is 1. The first-order chi connectivity index (χ1) is 16.1. The van der Waals surface area contributed by atoms with Crippen LogP contribution in [0.4, 0.5) is 5.13 Å². The van der Waals surface area contributed by atoms with Crippen molar-refractivity contribution in [2.75, 3.05) is 44.3 Å². The first kappa shape index (κ1) is 24.9. The highest BCUT2D eigenvalue weighted by atomic mass is 35.5. The summed E-state index contributed by atoms with van der Waals surface area (Å²) < 4.78 is 6.46. The monoisotopic (exact) mass is 515 g/mol. The van der Waals surface area contributed by atoms with E-state index >= 15 is 0 Å². The number of fused-ring (bicyclic) bond motifs is 2. The Hall–Kier alpha value is -2.22. The molecule has 5 rings (SSSR count). The fourth-order valence-electron chi connectivity index (χ4n) is 4.38. The normalized spacial score (nSPS) is 14.3. The van der Waals surface area contributed by atoms with Crippen LogP contribution in [0.1, 0.15) is 22.3 Å². The summed E-state index contributed by atoms with van der Waals surface area (Å²) in [5, 5.41) is 3.43. The maximum atomic E-state index is 13.9. The molecule has 0 saturated carbocycles. The van der Waals surface area contributed by atoms with E-state index in [2.05, 4.69) is 4.90 Å². The van der Waals surface area contributed by atoms with E-state index < -0.39 is 0 Å². The molecule has 34 heavy (non-hydrogen) atoms. The van der Waals surface area contributed by atoms with Crippen LogP contribution in [0, 0.1) is 6.92 Å². The number of carbonyl (C=O) groups excluding carboxylic acids is 1. The summed E-state index contributed by atoms with van der Waals surface area (Å²) >= 11 is 7.81. The lowest BCUT2D eigenvalue weighted by atomic mass is 10.0. The Labute approximate surface area is 214 Å². The van der Waals surface area contributed by atoms with Gasteiger partial charge in [0.25, 0.3) is 5.91 Å². The quantitative estimate of drug-likeness (QED) is 0.306. The lowest BCUT2D eigenvalue weighted by molar-refractivity contribution is 0.0376. The van der Waals surface area contributed by atoms with E-state index in [1.807, 2.05) is 66.4 Å². The lowest BCUT2D eigenvalue weighted by Crippen LogP contribution is -2.39. The minimum Gasteiger partial charge on any atom is -0.379 e. The predicted molar refractivity (Wildman–Crippen MR) is 144 cm³/mol. The molecule has 0 N–H and O–H groups in total. The number of carbonyl (C=O) groups is 1. The summed E-state index contributed by atoms with van der Waals surface area (Å²) in [4.78, 5) is 23.0. The number of ether oxygens (including phenoxy) is 1. The van der Waals surface area contributed by atoms with Gasteiger partial charge >= 0.3 is 0 Å². The average Bonchev–Trinajstić information content (AvgIpc) is 3.26. The van der Waals surface area contributed by atoms with Gasteiger partial charge in [-0.3, -0.25) is 14.6 Å². The van der Waals surface area contributed by atoms with E-state index in [0.29, 0.717) is 17.1 Å². The van der Waals surface area contributed by atoms with Crippen LogP contribution in [0.5, 0.6) is 0 Å². The standard InChI is InChI=1S/C26H26ClN3O2S.ClH/c1-18-16-20(27)17-23-24(18)28-26(33-23)30(11-5-10-29-12-14-32-15-13-29)25(31)22-9-4-7-19-6-2-3-8-21(19)22;/h2-4,6-9,16-17H,5,10-15H2,1H3;1H. The van der Waals surface area contributed by atoms with E-state index in [-0.39, 0.29) is 18.3 Å². The van der Waals surface area contributed by atoms with Gasteiger partial charge in [-0.2, -0.15) is 0 Å². The zero-order chi connectivity index (χ0) is 22.8. The van der Waals surface area contributed by atoms with Crippen LogP contribution in [0.3, 0.4) is 0 Å². The predicted octanol–water partition coefficient (Wildman–Crippen LogP) is 6.20. The number of rotatable bonds is 6. The molecule has 0 aliphatic carbocycles. The molecule has 178 valence electrons. The molecular formula is C26H27Cl2N3O2S. The molecule has 0 radical (unpaired) electrons. The number of aryl methyl sites for hydroxylation is 1. The van der Waals surface area contributed by atoms with Gasteiger partial charge in [0.1, 0.15) is 0 Å². The van der Waals surface area contributed by atoms with Gasteiger partial charge in [-0.05, 0) is 47.9 Å². The molecule has 1 amide bonds. The van der Waals surface area contributed by atoms with Gasteiger partial charge in [0.15, 0.2) is 5.13 Å². The average molecular weight is 516 g/mol. The third kappa shape index (κ3) is 5.21. The van der Waals surface area contributed by atoms with Crippen molar-refractivity contribution in [3.63, 3.8) is 0 Å². The van der Waals surface area contributed by atoms with Crippen molar-refractivity contribution in [1.82, 2.24) is 9.88 Å². The molecule has 3 aromatic carbocycles. The second-order valence-corrected chi connectivity index (χ2v) is 9.80. The van der Waals surface area contributed by atoms with E-state index in [4.69, 9.17) is 21.3 Å². The third-order valence-electron chi connectivity index (χ3n) is 6.09. The molecular weight excluding hydrogens is 489 g/mol. The van der Waals surface area contributed by atoms with E-state index in [1.54, 1.807) is 0 Å². The van der Waals surface area contributed by atoms with Gasteiger partial charge in [-0.1, -0.05) is 59.3 Å². The van der Waals surface area contributed by atoms with Gasteiger partial charge in [-0.25, -0.2) is 4.98 Å². The molecule has 0 bridgehead atoms. The molecule has 1 aliphatic rings. The first-order valence-electron chi connectivity index (χ1n) is 11.3. The highest BCUT2D eigenvalue weighted by molar-refractivity contribution is 7.22. The topological polar surface area (TPSA) is 45.7 Å². The largest absolute Gasteiger partial charge is 0.379 e. The summed E-state index contributed by atoms with van der Waals surface area (Å²) in [6, 6.07) is 17.8. The van der Waals surface area contributed by atoms with E-state index in [9.17, 15) is 4.79 Å². The van der Waals surface area contributed by atoms with Gasteiger partial charge in [0.05, 0.1) is 23.4 Å². The van der Waals surface area contributed by atoms with Crippen LogP contribution in [0.2, 0.25) is 5.02 Å². The summed E-state index contributed by atoms with van der Waals surface area (Å²) in [6.07, 6.45) is 0.867. The Balaban J connectivity index is 0.00000274. The minimum atomic E-state index is -0.0171. The Morgan fingerprint density at radius 2 is 1.91 bits per heavy atom. The van der Waals surface area contributed by atoms with Crippen molar-refractivity contribution in [1.29, 1.82) is 0 Å². The third-order valence-corrected chi connectivity index (χ3v) is 7.34. The first-order valence-corrected chi connectivity index (χ1v) is 12.5. The molecule has 8 heteroatoms. The van der Waals surface area contributed by atoms with Crippen LogP contribution >= 0.6 is 35.3 Å². The summed E-state index contributed by atoms with van der Waals surface area (Å²) in [5.74, 6) is -0.0171. The SMILES string of the molecule is Cc1cc(Cl)cc2sc(N(CCCN3CCOCC3)C(=O)c3cccc4ccccc34)nc12.Cl. The number of thiazole rings is 1. The van der Waals surface area contributed by atoms with Crippen LogP contribution < -0.4 is 4.90 Å². The highest BCUT2D eigenvalue weighted by Crippen LogP contribution is 2.34. The number of hydrogen-bond donors (Lipinski definition) is 0. The van der Waals surface area contributed by atoms with E-state index in [1.165, 1.54) is 11.3 Å². The molecule has 1 aromatic heterocycles. The van der Waals surface area contributed by atoms with Crippen molar-refractivity contribution >= 4 is 67.4 Å². The highest BCUT2D eigenvalue weighted by Gasteiger charge is 2.23. The molecule has 1 aliphatic heterocycles. The van der Waals surface area contributed by atoms with Crippen LogP contribution in [0.25, 0.3) is 21.0 Å². The van der Waals surface area contributed by atoms with Gasteiger partial charge < -0.3 is 4.74 Å². The molecule has 0 unspecified atom stereocenters. The molecule has 5 nitrogen and oxygen atoms in total. The zero-order valence-electron chi connectivity index (χ0n) is 19.0. The van der Waals surface area contributed by atoms with Crippen molar-refractivity contribution in [3.05, 3.63) is 70.7 Å². The van der Waals surface area contributed by atoms with Gasteiger partial charge in [0.2, 0.25) is 0 Å². The number of benzene rings is 3. The molecule has 1 fully saturated rings. The van der Waals surface area contributed by atoms with Crippen LogP contribution in [-0.2, 0) is 4.74 Å². The Kier molecular flexibility index (Phi) is 8.06. The van der Waals surface area contributed by atoms with Crippen molar-refractivity contribution < 1.29 is 9.53 Å². The fraction of sp³-hybridized carbons (Fsp3) is 0.308. The van der Waals surface area contributed by atoms with Gasteiger partial charge in [-0.15, -0.1) is 12.4 Å². The van der Waals surface area contributed by atoms with Crippen molar-refractivity contribution in [2.24, 2.45) is 0 Å². The summed E-state index contributed by atoms with van der Waals surface area (Å²) in [7, 11) is 0. The second kappa shape index (κ2) is 11.0. The Morgan fingerprint density at radius 1 is 1.15 bits per heavy atom.